The monoisotopic (exact) mass is 149 g/mol. The topological polar surface area (TPSA) is 52.3 Å². The summed E-state index contributed by atoms with van der Waals surface area (Å²) in [6.07, 6.45) is 0.350. The first kappa shape index (κ1) is 9.36. The van der Waals surface area contributed by atoms with Crippen LogP contribution < -0.4 is 5.73 Å². The summed E-state index contributed by atoms with van der Waals surface area (Å²) in [7, 11) is 1.24. The first-order valence-electron chi connectivity index (χ1n) is 3.10. The summed E-state index contributed by atoms with van der Waals surface area (Å²) >= 11 is 0. The smallest absolute Gasteiger partial charge is 0.311 e. The maximum atomic E-state index is 11.9. The molecule has 60 valence electrons. The number of alkyl halides is 1. The lowest BCUT2D eigenvalue weighted by Crippen LogP contribution is -2.21. The summed E-state index contributed by atoms with van der Waals surface area (Å²) in [6, 6.07) is 0. The molecule has 0 heterocycles. The minimum absolute atomic E-state index is 0.309. The van der Waals surface area contributed by atoms with E-state index < -0.39 is 18.6 Å². The van der Waals surface area contributed by atoms with Crippen LogP contribution in [0.15, 0.2) is 0 Å². The SMILES string of the molecule is COC(=O)C(CF)CCN. The Hall–Kier alpha value is -0.640. The van der Waals surface area contributed by atoms with Gasteiger partial charge in [0.2, 0.25) is 0 Å². The maximum absolute atomic E-state index is 11.9. The molecule has 1 atom stereocenters. The molecule has 0 saturated heterocycles. The number of hydrogen-bond donors (Lipinski definition) is 1. The summed E-state index contributed by atoms with van der Waals surface area (Å²) in [5, 5.41) is 0. The second-order valence-electron chi connectivity index (χ2n) is 1.95. The molecule has 0 rings (SSSR count). The normalized spacial score (nSPS) is 12.7. The van der Waals surface area contributed by atoms with Crippen molar-refractivity contribution in [3.63, 3.8) is 0 Å². The molecule has 0 aromatic carbocycles. The van der Waals surface area contributed by atoms with Crippen molar-refractivity contribution >= 4 is 5.97 Å². The van der Waals surface area contributed by atoms with Gasteiger partial charge in [0.05, 0.1) is 13.0 Å². The zero-order valence-corrected chi connectivity index (χ0v) is 5.97. The van der Waals surface area contributed by atoms with Crippen LogP contribution in [0, 0.1) is 5.92 Å². The minimum Gasteiger partial charge on any atom is -0.469 e. The molecule has 2 N–H and O–H groups in total. The third-order valence-corrected chi connectivity index (χ3v) is 1.24. The molecule has 0 amide bonds. The molecule has 0 saturated carbocycles. The summed E-state index contributed by atoms with van der Waals surface area (Å²) in [6.45, 7) is -0.381. The molecule has 4 heteroatoms. The maximum Gasteiger partial charge on any atom is 0.311 e. The molecule has 0 aromatic heterocycles. The van der Waals surface area contributed by atoms with Crippen LogP contribution >= 0.6 is 0 Å². The van der Waals surface area contributed by atoms with Crippen molar-refractivity contribution in [2.24, 2.45) is 11.7 Å². The first-order valence-corrected chi connectivity index (χ1v) is 3.10. The van der Waals surface area contributed by atoms with Gasteiger partial charge in [0.1, 0.15) is 6.67 Å². The van der Waals surface area contributed by atoms with Crippen LogP contribution in [0.25, 0.3) is 0 Å². The van der Waals surface area contributed by atoms with Gasteiger partial charge in [-0.15, -0.1) is 0 Å². The lowest BCUT2D eigenvalue weighted by molar-refractivity contribution is -0.146. The highest BCUT2D eigenvalue weighted by Gasteiger charge is 2.17. The average molecular weight is 149 g/mol. The van der Waals surface area contributed by atoms with E-state index in [2.05, 4.69) is 4.74 Å². The molecular formula is C6H12FNO2. The van der Waals surface area contributed by atoms with Gasteiger partial charge in [-0.2, -0.15) is 0 Å². The van der Waals surface area contributed by atoms with E-state index >= 15 is 0 Å². The number of ether oxygens (including phenoxy) is 1. The van der Waals surface area contributed by atoms with Crippen LogP contribution in [0.5, 0.6) is 0 Å². The Labute approximate surface area is 59.3 Å². The highest BCUT2D eigenvalue weighted by molar-refractivity contribution is 5.72. The van der Waals surface area contributed by atoms with E-state index in [1.807, 2.05) is 0 Å². The molecule has 3 nitrogen and oxygen atoms in total. The first-order chi connectivity index (χ1) is 4.76. The molecule has 0 aliphatic carbocycles. The fourth-order valence-electron chi connectivity index (χ4n) is 0.626. The van der Waals surface area contributed by atoms with Crippen molar-refractivity contribution < 1.29 is 13.9 Å². The number of rotatable bonds is 4. The molecular weight excluding hydrogens is 137 g/mol. The van der Waals surface area contributed by atoms with Crippen molar-refractivity contribution in [2.75, 3.05) is 20.3 Å². The van der Waals surface area contributed by atoms with Gasteiger partial charge < -0.3 is 10.5 Å². The molecule has 0 aliphatic rings. The predicted octanol–water partition coefficient (Wildman–Crippen LogP) is 0.0939. The second-order valence-corrected chi connectivity index (χ2v) is 1.95. The zero-order chi connectivity index (χ0) is 7.98. The van der Waals surface area contributed by atoms with Crippen molar-refractivity contribution in [2.45, 2.75) is 6.42 Å². The van der Waals surface area contributed by atoms with Gasteiger partial charge in [0.25, 0.3) is 0 Å². The van der Waals surface area contributed by atoms with Crippen molar-refractivity contribution in [1.82, 2.24) is 0 Å². The van der Waals surface area contributed by atoms with E-state index in [4.69, 9.17) is 5.73 Å². The third-order valence-electron chi connectivity index (χ3n) is 1.24. The number of carbonyl (C=O) groups is 1. The van der Waals surface area contributed by atoms with Crippen molar-refractivity contribution in [3.05, 3.63) is 0 Å². The quantitative estimate of drug-likeness (QED) is 0.576. The van der Waals surface area contributed by atoms with Crippen LogP contribution in [0.1, 0.15) is 6.42 Å². The molecule has 0 fully saturated rings. The van der Waals surface area contributed by atoms with Gasteiger partial charge in [-0.1, -0.05) is 0 Å². The van der Waals surface area contributed by atoms with Gasteiger partial charge >= 0.3 is 5.97 Å². The fourth-order valence-corrected chi connectivity index (χ4v) is 0.626. The standard InChI is InChI=1S/C6H12FNO2/c1-10-6(9)5(4-7)2-3-8/h5H,2-4,8H2,1H3. The lowest BCUT2D eigenvalue weighted by Gasteiger charge is -2.07. The Bertz CT molecular complexity index is 108. The highest BCUT2D eigenvalue weighted by atomic mass is 19.1. The number of carbonyl (C=O) groups excluding carboxylic acids is 1. The number of nitrogens with two attached hydrogens (primary N) is 1. The summed E-state index contributed by atoms with van der Waals surface area (Å²) in [5.74, 6) is -1.19. The van der Waals surface area contributed by atoms with E-state index in [1.54, 1.807) is 0 Å². The van der Waals surface area contributed by atoms with Gasteiger partial charge in [-0.3, -0.25) is 9.18 Å². The lowest BCUT2D eigenvalue weighted by atomic mass is 10.1. The number of halogens is 1. The Morgan fingerprint density at radius 3 is 2.70 bits per heavy atom. The molecule has 0 radical (unpaired) electrons. The Morgan fingerprint density at radius 1 is 1.80 bits per heavy atom. The fraction of sp³-hybridized carbons (Fsp3) is 0.833. The van der Waals surface area contributed by atoms with Gasteiger partial charge in [0.15, 0.2) is 0 Å². The van der Waals surface area contributed by atoms with Gasteiger partial charge in [0, 0.05) is 0 Å². The zero-order valence-electron chi connectivity index (χ0n) is 5.97. The second kappa shape index (κ2) is 5.17. The van der Waals surface area contributed by atoms with E-state index in [1.165, 1.54) is 7.11 Å². The molecule has 10 heavy (non-hydrogen) atoms. The summed E-state index contributed by atoms with van der Waals surface area (Å²) < 4.78 is 16.2. The van der Waals surface area contributed by atoms with Gasteiger partial charge in [-0.05, 0) is 13.0 Å². The number of esters is 1. The highest BCUT2D eigenvalue weighted by Crippen LogP contribution is 2.04. The molecule has 0 aromatic rings. The molecule has 0 aliphatic heterocycles. The Morgan fingerprint density at radius 2 is 2.40 bits per heavy atom. The number of hydrogen-bond acceptors (Lipinski definition) is 3. The van der Waals surface area contributed by atoms with Crippen molar-refractivity contribution in [3.8, 4) is 0 Å². The summed E-state index contributed by atoms with van der Waals surface area (Å²) in [5.41, 5.74) is 5.12. The third kappa shape index (κ3) is 2.77. The minimum atomic E-state index is -0.691. The van der Waals surface area contributed by atoms with E-state index in [0.717, 1.165) is 0 Å². The molecule has 1 unspecified atom stereocenters. The molecule has 0 spiro atoms. The average Bonchev–Trinajstić information content (AvgIpc) is 1.99. The Balaban J connectivity index is 3.68. The number of methoxy groups -OCH3 is 1. The largest absolute Gasteiger partial charge is 0.469 e. The van der Waals surface area contributed by atoms with Crippen LogP contribution in [0.3, 0.4) is 0 Å². The van der Waals surface area contributed by atoms with E-state index in [0.29, 0.717) is 13.0 Å². The van der Waals surface area contributed by atoms with Crippen LogP contribution in [-0.2, 0) is 9.53 Å². The Kier molecular flexibility index (Phi) is 4.84. The van der Waals surface area contributed by atoms with Crippen molar-refractivity contribution in [1.29, 1.82) is 0 Å². The van der Waals surface area contributed by atoms with Gasteiger partial charge in [-0.25, -0.2) is 0 Å². The molecule has 0 bridgehead atoms. The van der Waals surface area contributed by atoms with E-state index in [-0.39, 0.29) is 0 Å². The van der Waals surface area contributed by atoms with Crippen LogP contribution in [0.4, 0.5) is 4.39 Å². The van der Waals surface area contributed by atoms with Crippen LogP contribution in [0.2, 0.25) is 0 Å². The summed E-state index contributed by atoms with van der Waals surface area (Å²) in [4.78, 5) is 10.6. The predicted molar refractivity (Wildman–Crippen MR) is 35.2 cm³/mol. The van der Waals surface area contributed by atoms with E-state index in [9.17, 15) is 9.18 Å². The van der Waals surface area contributed by atoms with Crippen LogP contribution in [-0.4, -0.2) is 26.3 Å².